The fourth-order valence-corrected chi connectivity index (χ4v) is 2.79. The van der Waals surface area contributed by atoms with Gasteiger partial charge in [-0.15, -0.1) is 24.0 Å². The summed E-state index contributed by atoms with van der Waals surface area (Å²) in [4.78, 5) is 9.31. The molecule has 5 nitrogen and oxygen atoms in total. The van der Waals surface area contributed by atoms with Gasteiger partial charge in [0.15, 0.2) is 5.96 Å². The molecule has 0 saturated heterocycles. The number of hydrogen-bond donors (Lipinski definition) is 1. The fourth-order valence-electron chi connectivity index (χ4n) is 2.79. The van der Waals surface area contributed by atoms with E-state index in [1.807, 2.05) is 30.3 Å². The number of aliphatic imine (C=N–C) groups is 1. The average molecular weight is 460 g/mol. The number of rotatable bonds is 9. The number of nitrogens with one attached hydrogen (secondary N) is 1. The standard InChI is InChI=1S/C19H32N4O.HI/c1-5-20-19(21-15-18(22(2)3)16-11-12-16)23(4)13-14-24-17-9-7-6-8-10-17;/h6-10,16,18H,5,11-15H2,1-4H3,(H,20,21);1H. The van der Waals surface area contributed by atoms with Crippen molar-refractivity contribution < 1.29 is 4.74 Å². The monoisotopic (exact) mass is 460 g/mol. The van der Waals surface area contributed by atoms with E-state index in [2.05, 4.69) is 43.2 Å². The first-order chi connectivity index (χ1) is 11.6. The Morgan fingerprint density at radius 1 is 1.24 bits per heavy atom. The number of benzene rings is 1. The van der Waals surface area contributed by atoms with Gasteiger partial charge in [0, 0.05) is 19.6 Å². The van der Waals surface area contributed by atoms with Crippen LogP contribution in [0.4, 0.5) is 0 Å². The van der Waals surface area contributed by atoms with Gasteiger partial charge in [-0.05, 0) is 51.9 Å². The van der Waals surface area contributed by atoms with Gasteiger partial charge < -0.3 is 19.9 Å². The first-order valence-corrected chi connectivity index (χ1v) is 8.95. The molecule has 1 atom stereocenters. The summed E-state index contributed by atoms with van der Waals surface area (Å²) in [5, 5.41) is 3.39. The number of ether oxygens (including phenoxy) is 1. The highest BCUT2D eigenvalue weighted by molar-refractivity contribution is 14.0. The van der Waals surface area contributed by atoms with Crippen LogP contribution in [-0.4, -0.2) is 69.2 Å². The van der Waals surface area contributed by atoms with Crippen LogP contribution in [0.1, 0.15) is 19.8 Å². The lowest BCUT2D eigenvalue weighted by atomic mass is 10.2. The van der Waals surface area contributed by atoms with Crippen LogP contribution in [0.5, 0.6) is 5.75 Å². The lowest BCUT2D eigenvalue weighted by Crippen LogP contribution is -2.42. The normalized spacial score (nSPS) is 15.5. The van der Waals surface area contributed by atoms with E-state index in [1.54, 1.807) is 0 Å². The predicted octanol–water partition coefficient (Wildman–Crippen LogP) is 2.92. The number of guanidine groups is 1. The molecule has 1 saturated carbocycles. The van der Waals surface area contributed by atoms with Gasteiger partial charge >= 0.3 is 0 Å². The number of halogens is 1. The minimum atomic E-state index is 0. The summed E-state index contributed by atoms with van der Waals surface area (Å²) in [7, 11) is 6.38. The van der Waals surface area contributed by atoms with E-state index >= 15 is 0 Å². The molecule has 0 heterocycles. The molecule has 1 aromatic rings. The van der Waals surface area contributed by atoms with Crippen molar-refractivity contribution in [3.8, 4) is 5.75 Å². The summed E-state index contributed by atoms with van der Waals surface area (Å²) >= 11 is 0. The molecule has 0 spiro atoms. The molecule has 1 N–H and O–H groups in total. The van der Waals surface area contributed by atoms with Crippen LogP contribution < -0.4 is 10.1 Å². The molecule has 6 heteroatoms. The topological polar surface area (TPSA) is 40.1 Å². The van der Waals surface area contributed by atoms with E-state index < -0.39 is 0 Å². The van der Waals surface area contributed by atoms with Crippen LogP contribution in [0, 0.1) is 5.92 Å². The molecule has 1 fully saturated rings. The van der Waals surface area contributed by atoms with Crippen LogP contribution in [0.15, 0.2) is 35.3 Å². The van der Waals surface area contributed by atoms with Crippen molar-refractivity contribution >= 4 is 29.9 Å². The van der Waals surface area contributed by atoms with E-state index in [9.17, 15) is 0 Å². The van der Waals surface area contributed by atoms with Crippen LogP contribution in [0.25, 0.3) is 0 Å². The second kappa shape index (κ2) is 11.6. The molecule has 1 unspecified atom stereocenters. The van der Waals surface area contributed by atoms with Gasteiger partial charge in [-0.3, -0.25) is 4.99 Å². The number of para-hydroxylation sites is 1. The lowest BCUT2D eigenvalue weighted by molar-refractivity contribution is 0.267. The molecule has 0 aromatic heterocycles. The molecule has 0 aliphatic heterocycles. The Labute approximate surface area is 169 Å². The average Bonchev–Trinajstić information content (AvgIpc) is 3.39. The van der Waals surface area contributed by atoms with Gasteiger partial charge in [0.1, 0.15) is 12.4 Å². The largest absolute Gasteiger partial charge is 0.492 e. The maximum Gasteiger partial charge on any atom is 0.193 e. The maximum atomic E-state index is 5.78. The summed E-state index contributed by atoms with van der Waals surface area (Å²) in [5.41, 5.74) is 0. The zero-order valence-corrected chi connectivity index (χ0v) is 18.3. The van der Waals surface area contributed by atoms with Crippen LogP contribution in [0.2, 0.25) is 0 Å². The third-order valence-corrected chi connectivity index (χ3v) is 4.39. The number of nitrogens with zero attached hydrogens (tertiary/aromatic N) is 3. The molecule has 0 amide bonds. The Bertz CT molecular complexity index is 503. The summed E-state index contributed by atoms with van der Waals surface area (Å²) in [6.07, 6.45) is 2.69. The van der Waals surface area contributed by atoms with Crippen molar-refractivity contribution in [3.05, 3.63) is 30.3 Å². The molecule has 1 aromatic carbocycles. The van der Waals surface area contributed by atoms with Crippen molar-refractivity contribution in [2.45, 2.75) is 25.8 Å². The zero-order chi connectivity index (χ0) is 17.4. The highest BCUT2D eigenvalue weighted by atomic mass is 127. The van der Waals surface area contributed by atoms with Crippen molar-refractivity contribution in [1.82, 2.24) is 15.1 Å². The molecule has 0 radical (unpaired) electrons. The first-order valence-electron chi connectivity index (χ1n) is 8.95. The summed E-state index contributed by atoms with van der Waals surface area (Å²) < 4.78 is 5.78. The fraction of sp³-hybridized carbons (Fsp3) is 0.632. The Morgan fingerprint density at radius 3 is 2.48 bits per heavy atom. The van der Waals surface area contributed by atoms with Gasteiger partial charge in [0.2, 0.25) is 0 Å². The number of likely N-dealkylation sites (N-methyl/N-ethyl adjacent to an activating group) is 2. The third kappa shape index (κ3) is 7.81. The zero-order valence-electron chi connectivity index (χ0n) is 15.9. The van der Waals surface area contributed by atoms with Crippen LogP contribution >= 0.6 is 24.0 Å². The second-order valence-electron chi connectivity index (χ2n) is 6.65. The molecule has 25 heavy (non-hydrogen) atoms. The molecule has 0 bridgehead atoms. The van der Waals surface area contributed by atoms with Crippen LogP contribution in [0.3, 0.4) is 0 Å². The Kier molecular flexibility index (Phi) is 10.2. The van der Waals surface area contributed by atoms with E-state index in [-0.39, 0.29) is 24.0 Å². The quantitative estimate of drug-likeness (QED) is 0.350. The van der Waals surface area contributed by atoms with Gasteiger partial charge in [-0.25, -0.2) is 0 Å². The predicted molar refractivity (Wildman–Crippen MR) is 116 cm³/mol. The third-order valence-electron chi connectivity index (χ3n) is 4.39. The SMILES string of the molecule is CCNC(=NCC(C1CC1)N(C)C)N(C)CCOc1ccccc1.I. The Balaban J connectivity index is 0.00000312. The molecule has 142 valence electrons. The van der Waals surface area contributed by atoms with Crippen LogP contribution in [-0.2, 0) is 0 Å². The highest BCUT2D eigenvalue weighted by Gasteiger charge is 2.32. The molecular weight excluding hydrogens is 427 g/mol. The van der Waals surface area contributed by atoms with E-state index in [0.717, 1.165) is 37.3 Å². The highest BCUT2D eigenvalue weighted by Crippen LogP contribution is 2.34. The summed E-state index contributed by atoms with van der Waals surface area (Å²) in [6, 6.07) is 10.5. The van der Waals surface area contributed by atoms with Gasteiger partial charge in [0.25, 0.3) is 0 Å². The Hall–Kier alpha value is -1.02. The second-order valence-corrected chi connectivity index (χ2v) is 6.65. The first kappa shape index (κ1) is 22.0. The van der Waals surface area contributed by atoms with E-state index in [1.165, 1.54) is 12.8 Å². The van der Waals surface area contributed by atoms with E-state index in [0.29, 0.717) is 12.6 Å². The van der Waals surface area contributed by atoms with Crippen molar-refractivity contribution in [3.63, 3.8) is 0 Å². The molecule has 2 rings (SSSR count). The minimum absolute atomic E-state index is 0. The Morgan fingerprint density at radius 2 is 1.92 bits per heavy atom. The summed E-state index contributed by atoms with van der Waals surface area (Å²) in [6.45, 7) is 5.28. The van der Waals surface area contributed by atoms with Gasteiger partial charge in [-0.1, -0.05) is 18.2 Å². The van der Waals surface area contributed by atoms with Crippen molar-refractivity contribution in [2.75, 3.05) is 47.4 Å². The molecule has 1 aliphatic rings. The number of hydrogen-bond acceptors (Lipinski definition) is 3. The van der Waals surface area contributed by atoms with Crippen molar-refractivity contribution in [2.24, 2.45) is 10.9 Å². The van der Waals surface area contributed by atoms with Crippen molar-refractivity contribution in [1.29, 1.82) is 0 Å². The molecule has 1 aliphatic carbocycles. The maximum absolute atomic E-state index is 5.78. The van der Waals surface area contributed by atoms with E-state index in [4.69, 9.17) is 9.73 Å². The van der Waals surface area contributed by atoms with Gasteiger partial charge in [0.05, 0.1) is 13.1 Å². The molecular formula is C19H33IN4O. The van der Waals surface area contributed by atoms with Gasteiger partial charge in [-0.2, -0.15) is 0 Å². The lowest BCUT2D eigenvalue weighted by Gasteiger charge is -2.25. The summed E-state index contributed by atoms with van der Waals surface area (Å²) in [5.74, 6) is 2.69. The smallest absolute Gasteiger partial charge is 0.193 e. The minimum Gasteiger partial charge on any atom is -0.492 e.